The summed E-state index contributed by atoms with van der Waals surface area (Å²) >= 11 is 0. The van der Waals surface area contributed by atoms with Crippen molar-refractivity contribution >= 4 is 0 Å². The summed E-state index contributed by atoms with van der Waals surface area (Å²) in [5.74, 6) is 0. The highest BCUT2D eigenvalue weighted by Gasteiger charge is 2.00. The average Bonchev–Trinajstić information content (AvgIpc) is 1.90. The Hall–Kier alpha value is -1.00. The summed E-state index contributed by atoms with van der Waals surface area (Å²) in [6.07, 6.45) is -0.0509. The van der Waals surface area contributed by atoms with Crippen molar-refractivity contribution in [2.24, 2.45) is 0 Å². The number of nitrogens with zero attached hydrogens (tertiary/aromatic N) is 2. The van der Waals surface area contributed by atoms with Gasteiger partial charge in [0.2, 0.25) is 0 Å². The van der Waals surface area contributed by atoms with E-state index in [1.165, 1.54) is 12.3 Å². The van der Waals surface area contributed by atoms with Gasteiger partial charge in [-0.3, -0.25) is 0 Å². The molecule has 0 radical (unpaired) electrons. The molecule has 0 aliphatic rings. The third-order valence-corrected chi connectivity index (χ3v) is 0.857. The van der Waals surface area contributed by atoms with E-state index in [2.05, 4.69) is 10.2 Å². The SMILES string of the molecule is OC(O)c1cccnn1. The molecule has 0 bridgehead atoms. The molecule has 48 valence electrons. The number of rotatable bonds is 1. The van der Waals surface area contributed by atoms with Gasteiger partial charge < -0.3 is 10.2 Å². The molecule has 1 aromatic heterocycles. The summed E-state index contributed by atoms with van der Waals surface area (Å²) < 4.78 is 0. The van der Waals surface area contributed by atoms with Gasteiger partial charge in [0.05, 0.1) is 0 Å². The number of aromatic nitrogens is 2. The van der Waals surface area contributed by atoms with Crippen molar-refractivity contribution in [2.75, 3.05) is 0 Å². The Morgan fingerprint density at radius 1 is 1.44 bits per heavy atom. The molecule has 1 heterocycles. The van der Waals surface area contributed by atoms with Crippen LogP contribution in [0.1, 0.15) is 12.0 Å². The zero-order chi connectivity index (χ0) is 6.69. The van der Waals surface area contributed by atoms with E-state index in [1.807, 2.05) is 0 Å². The minimum Gasteiger partial charge on any atom is -0.363 e. The highest BCUT2D eigenvalue weighted by molar-refractivity contribution is 4.99. The predicted octanol–water partition coefficient (Wildman–Crippen LogP) is -0.540. The number of aliphatic hydroxyl groups is 2. The van der Waals surface area contributed by atoms with Crippen molar-refractivity contribution in [1.29, 1.82) is 0 Å². The fourth-order valence-electron chi connectivity index (χ4n) is 0.451. The topological polar surface area (TPSA) is 66.2 Å². The van der Waals surface area contributed by atoms with Crippen LogP contribution in [0.2, 0.25) is 0 Å². The summed E-state index contributed by atoms with van der Waals surface area (Å²) in [7, 11) is 0. The first-order valence-electron chi connectivity index (χ1n) is 2.44. The summed E-state index contributed by atoms with van der Waals surface area (Å²) in [5.41, 5.74) is 0.164. The van der Waals surface area contributed by atoms with E-state index in [1.54, 1.807) is 6.07 Å². The quantitative estimate of drug-likeness (QED) is 0.496. The second-order valence-corrected chi connectivity index (χ2v) is 1.52. The smallest absolute Gasteiger partial charge is 0.197 e. The second kappa shape index (κ2) is 2.52. The molecule has 4 heteroatoms. The maximum absolute atomic E-state index is 8.48. The Morgan fingerprint density at radius 3 is 2.56 bits per heavy atom. The molecule has 0 aliphatic heterocycles. The van der Waals surface area contributed by atoms with Gasteiger partial charge in [-0.15, -0.1) is 0 Å². The maximum Gasteiger partial charge on any atom is 0.197 e. The van der Waals surface area contributed by atoms with Crippen molar-refractivity contribution in [3.05, 3.63) is 24.0 Å². The van der Waals surface area contributed by atoms with Crippen molar-refractivity contribution in [3.8, 4) is 0 Å². The van der Waals surface area contributed by atoms with Gasteiger partial charge in [-0.05, 0) is 12.1 Å². The summed E-state index contributed by atoms with van der Waals surface area (Å²) in [4.78, 5) is 0. The third-order valence-electron chi connectivity index (χ3n) is 0.857. The van der Waals surface area contributed by atoms with Crippen LogP contribution >= 0.6 is 0 Å². The van der Waals surface area contributed by atoms with Crippen LogP contribution in [0.3, 0.4) is 0 Å². The second-order valence-electron chi connectivity index (χ2n) is 1.52. The minimum atomic E-state index is -1.52. The van der Waals surface area contributed by atoms with Crippen LogP contribution in [0, 0.1) is 0 Å². The van der Waals surface area contributed by atoms with Crippen molar-refractivity contribution in [2.45, 2.75) is 6.29 Å². The van der Waals surface area contributed by atoms with E-state index >= 15 is 0 Å². The van der Waals surface area contributed by atoms with E-state index in [0.29, 0.717) is 0 Å². The van der Waals surface area contributed by atoms with Gasteiger partial charge in [0, 0.05) is 6.20 Å². The third kappa shape index (κ3) is 1.45. The van der Waals surface area contributed by atoms with Crippen molar-refractivity contribution < 1.29 is 10.2 Å². The largest absolute Gasteiger partial charge is 0.363 e. The molecule has 1 aromatic rings. The fraction of sp³-hybridized carbons (Fsp3) is 0.200. The van der Waals surface area contributed by atoms with Crippen LogP contribution in [0.5, 0.6) is 0 Å². The Kier molecular flexibility index (Phi) is 1.72. The number of hydrogen-bond donors (Lipinski definition) is 2. The van der Waals surface area contributed by atoms with Gasteiger partial charge in [-0.25, -0.2) is 0 Å². The van der Waals surface area contributed by atoms with Crippen molar-refractivity contribution in [1.82, 2.24) is 10.2 Å². The molecule has 4 nitrogen and oxygen atoms in total. The molecule has 0 saturated carbocycles. The Balaban J connectivity index is 2.85. The van der Waals surface area contributed by atoms with Crippen LogP contribution in [0.25, 0.3) is 0 Å². The molecule has 0 atom stereocenters. The lowest BCUT2D eigenvalue weighted by atomic mass is 10.4. The highest BCUT2D eigenvalue weighted by Crippen LogP contribution is 2.00. The van der Waals surface area contributed by atoms with Crippen LogP contribution in [0.15, 0.2) is 18.3 Å². The molecule has 9 heavy (non-hydrogen) atoms. The van der Waals surface area contributed by atoms with Crippen LogP contribution in [0.4, 0.5) is 0 Å². The van der Waals surface area contributed by atoms with E-state index in [9.17, 15) is 0 Å². The zero-order valence-corrected chi connectivity index (χ0v) is 4.60. The molecule has 0 spiro atoms. The average molecular weight is 126 g/mol. The first-order valence-corrected chi connectivity index (χ1v) is 2.44. The van der Waals surface area contributed by atoms with Crippen LogP contribution in [-0.4, -0.2) is 20.4 Å². The molecule has 0 aliphatic carbocycles. The zero-order valence-electron chi connectivity index (χ0n) is 4.60. The number of hydrogen-bond acceptors (Lipinski definition) is 4. The number of aliphatic hydroxyl groups excluding tert-OH is 1. The maximum atomic E-state index is 8.48. The lowest BCUT2D eigenvalue weighted by Gasteiger charge is -1.97. The summed E-state index contributed by atoms with van der Waals surface area (Å²) in [5, 5.41) is 23.8. The normalized spacial score (nSPS) is 10.1. The van der Waals surface area contributed by atoms with Crippen LogP contribution < -0.4 is 0 Å². The van der Waals surface area contributed by atoms with E-state index in [4.69, 9.17) is 10.2 Å². The Labute approximate surface area is 51.8 Å². The fourth-order valence-corrected chi connectivity index (χ4v) is 0.451. The monoisotopic (exact) mass is 126 g/mol. The molecule has 2 N–H and O–H groups in total. The van der Waals surface area contributed by atoms with E-state index < -0.39 is 6.29 Å². The summed E-state index contributed by atoms with van der Waals surface area (Å²) in [6.45, 7) is 0. The van der Waals surface area contributed by atoms with E-state index in [-0.39, 0.29) is 5.69 Å². The molecule has 0 unspecified atom stereocenters. The lowest BCUT2D eigenvalue weighted by Crippen LogP contribution is -1.98. The van der Waals surface area contributed by atoms with Gasteiger partial charge in [0.15, 0.2) is 6.29 Å². The predicted molar refractivity (Wildman–Crippen MR) is 29.2 cm³/mol. The molecule has 0 aromatic carbocycles. The van der Waals surface area contributed by atoms with Gasteiger partial charge >= 0.3 is 0 Å². The minimum absolute atomic E-state index is 0.164. The Bertz CT molecular complexity index is 176. The molecule has 0 fully saturated rings. The molecule has 0 saturated heterocycles. The molecule has 1 rings (SSSR count). The lowest BCUT2D eigenvalue weighted by molar-refractivity contribution is -0.0464. The van der Waals surface area contributed by atoms with Gasteiger partial charge in [0.1, 0.15) is 5.69 Å². The van der Waals surface area contributed by atoms with Crippen LogP contribution in [-0.2, 0) is 0 Å². The first kappa shape index (κ1) is 6.12. The van der Waals surface area contributed by atoms with Gasteiger partial charge in [-0.2, -0.15) is 10.2 Å². The standard InChI is InChI=1S/C5H6N2O2/c8-5(9)4-2-1-3-6-7-4/h1-3,5,8-9H. The molecule has 0 amide bonds. The highest BCUT2D eigenvalue weighted by atomic mass is 16.5. The first-order chi connectivity index (χ1) is 4.30. The Morgan fingerprint density at radius 2 is 2.22 bits per heavy atom. The molecular weight excluding hydrogens is 120 g/mol. The van der Waals surface area contributed by atoms with Gasteiger partial charge in [0.25, 0.3) is 0 Å². The summed E-state index contributed by atoms with van der Waals surface area (Å²) in [6, 6.07) is 3.07. The molecular formula is C5H6N2O2. The van der Waals surface area contributed by atoms with Crippen molar-refractivity contribution in [3.63, 3.8) is 0 Å². The van der Waals surface area contributed by atoms with Gasteiger partial charge in [-0.1, -0.05) is 0 Å². The van der Waals surface area contributed by atoms with E-state index in [0.717, 1.165) is 0 Å².